The van der Waals surface area contributed by atoms with Gasteiger partial charge in [0, 0.05) is 44.6 Å². The number of benzene rings is 1. The Kier molecular flexibility index (Phi) is 10.2. The number of rotatable bonds is 7. The molecule has 0 aliphatic heterocycles. The summed E-state index contributed by atoms with van der Waals surface area (Å²) in [6.45, 7) is 3.35. The third kappa shape index (κ3) is 5.98. The maximum Gasteiger partial charge on any atom is 0.225 e. The summed E-state index contributed by atoms with van der Waals surface area (Å²) >= 11 is 0. The summed E-state index contributed by atoms with van der Waals surface area (Å²) in [5.41, 5.74) is 7.94. The molecule has 29 heavy (non-hydrogen) atoms. The standard InChI is InChI=1S/C20H30N4O3.2ClH/c1-4-24(20(25)13-5-7-15(21)18(11-13)27-3)10-9-19-22-16-8-6-14(26-2)12-17(16)23-19;;/h6,8,12-13,15,18H,4-5,7,9-11,21H2,1-3H3,(H,22,23);2*1H/t13-,15-,18-;;/m0../s1. The molecule has 164 valence electrons. The van der Waals surface area contributed by atoms with Crippen LogP contribution in [0, 0.1) is 5.92 Å². The number of methoxy groups -OCH3 is 2. The number of imidazole rings is 1. The Hall–Kier alpha value is -1.54. The van der Waals surface area contributed by atoms with E-state index in [1.807, 2.05) is 30.0 Å². The molecule has 2 aromatic rings. The van der Waals surface area contributed by atoms with E-state index in [1.54, 1.807) is 14.2 Å². The number of carbonyl (C=O) groups is 1. The van der Waals surface area contributed by atoms with Gasteiger partial charge in [0.25, 0.3) is 0 Å². The molecule has 0 spiro atoms. The van der Waals surface area contributed by atoms with Crippen molar-refractivity contribution in [3.05, 3.63) is 24.0 Å². The summed E-state index contributed by atoms with van der Waals surface area (Å²) in [6, 6.07) is 5.80. The Morgan fingerprint density at radius 2 is 2.07 bits per heavy atom. The number of likely N-dealkylation sites (N-methyl/N-ethyl adjacent to an activating group) is 1. The molecule has 3 atom stereocenters. The van der Waals surface area contributed by atoms with E-state index in [9.17, 15) is 4.79 Å². The van der Waals surface area contributed by atoms with E-state index in [4.69, 9.17) is 15.2 Å². The van der Waals surface area contributed by atoms with Crippen molar-refractivity contribution in [3.8, 4) is 5.75 Å². The van der Waals surface area contributed by atoms with Gasteiger partial charge in [-0.2, -0.15) is 0 Å². The molecule has 1 aromatic heterocycles. The van der Waals surface area contributed by atoms with Crippen molar-refractivity contribution in [3.63, 3.8) is 0 Å². The minimum absolute atomic E-state index is 0. The highest BCUT2D eigenvalue weighted by atomic mass is 35.5. The zero-order valence-electron chi connectivity index (χ0n) is 17.2. The number of fused-ring (bicyclic) bond motifs is 1. The molecule has 0 unspecified atom stereocenters. The van der Waals surface area contributed by atoms with E-state index in [2.05, 4.69) is 9.97 Å². The van der Waals surface area contributed by atoms with E-state index in [0.717, 1.165) is 35.4 Å². The predicted octanol–water partition coefficient (Wildman–Crippen LogP) is 2.95. The Morgan fingerprint density at radius 3 is 2.72 bits per heavy atom. The highest BCUT2D eigenvalue weighted by Crippen LogP contribution is 2.27. The fraction of sp³-hybridized carbons (Fsp3) is 0.600. The van der Waals surface area contributed by atoms with Crippen LogP contribution in [-0.2, 0) is 16.0 Å². The van der Waals surface area contributed by atoms with Crippen LogP contribution >= 0.6 is 24.8 Å². The topological polar surface area (TPSA) is 93.5 Å². The van der Waals surface area contributed by atoms with Crippen molar-refractivity contribution in [2.24, 2.45) is 11.7 Å². The van der Waals surface area contributed by atoms with Gasteiger partial charge in [-0.1, -0.05) is 0 Å². The molecule has 3 rings (SSSR count). The lowest BCUT2D eigenvalue weighted by molar-refractivity contribution is -0.138. The van der Waals surface area contributed by atoms with Gasteiger partial charge in [-0.25, -0.2) is 4.98 Å². The van der Waals surface area contributed by atoms with Gasteiger partial charge in [0.1, 0.15) is 11.6 Å². The summed E-state index contributed by atoms with van der Waals surface area (Å²) in [4.78, 5) is 22.8. The molecule has 9 heteroatoms. The van der Waals surface area contributed by atoms with E-state index < -0.39 is 0 Å². The quantitative estimate of drug-likeness (QED) is 0.681. The minimum atomic E-state index is -0.0308. The van der Waals surface area contributed by atoms with Crippen LogP contribution < -0.4 is 10.5 Å². The molecule has 3 N–H and O–H groups in total. The first-order valence-electron chi connectivity index (χ1n) is 9.65. The van der Waals surface area contributed by atoms with E-state index in [0.29, 0.717) is 25.9 Å². The van der Waals surface area contributed by atoms with Crippen LogP contribution in [-0.4, -0.2) is 60.2 Å². The zero-order chi connectivity index (χ0) is 19.4. The van der Waals surface area contributed by atoms with Gasteiger partial charge >= 0.3 is 0 Å². The Balaban J connectivity index is 0.00000210. The second-order valence-corrected chi connectivity index (χ2v) is 7.18. The van der Waals surface area contributed by atoms with Gasteiger partial charge in [0.15, 0.2) is 0 Å². The fourth-order valence-corrected chi connectivity index (χ4v) is 3.86. The number of amides is 1. The van der Waals surface area contributed by atoms with Gasteiger partial charge in [0.2, 0.25) is 5.91 Å². The van der Waals surface area contributed by atoms with Gasteiger partial charge in [0.05, 0.1) is 24.2 Å². The van der Waals surface area contributed by atoms with E-state index >= 15 is 0 Å². The van der Waals surface area contributed by atoms with Crippen LogP contribution in [0.2, 0.25) is 0 Å². The summed E-state index contributed by atoms with van der Waals surface area (Å²) < 4.78 is 10.7. The Labute approximate surface area is 184 Å². The lowest BCUT2D eigenvalue weighted by atomic mass is 9.83. The molecule has 0 saturated heterocycles. The number of hydrogen-bond acceptors (Lipinski definition) is 5. The molecule has 1 aromatic carbocycles. The highest BCUT2D eigenvalue weighted by molar-refractivity contribution is 5.85. The maximum atomic E-state index is 13.0. The number of nitrogens with one attached hydrogen (secondary N) is 1. The SMILES string of the molecule is CCN(CCc1nc2ccc(OC)cc2[nH]1)C(=O)[C@H]1CC[C@H](N)[C@@H](OC)C1.Cl.Cl. The van der Waals surface area contributed by atoms with Gasteiger partial charge < -0.3 is 25.1 Å². The van der Waals surface area contributed by atoms with Crippen molar-refractivity contribution in [1.82, 2.24) is 14.9 Å². The molecular formula is C20H32Cl2N4O3. The number of halogens is 2. The minimum Gasteiger partial charge on any atom is -0.497 e. The molecule has 0 bridgehead atoms. The summed E-state index contributed by atoms with van der Waals surface area (Å²) in [6.07, 6.45) is 3.03. The van der Waals surface area contributed by atoms with E-state index in [-0.39, 0.29) is 48.8 Å². The van der Waals surface area contributed by atoms with Gasteiger partial charge in [-0.05, 0) is 38.3 Å². The first-order chi connectivity index (χ1) is 13.0. The first-order valence-corrected chi connectivity index (χ1v) is 9.65. The van der Waals surface area contributed by atoms with Crippen molar-refractivity contribution in [2.75, 3.05) is 27.3 Å². The van der Waals surface area contributed by atoms with Crippen LogP contribution in [0.4, 0.5) is 0 Å². The molecule has 1 amide bonds. The predicted molar refractivity (Wildman–Crippen MR) is 119 cm³/mol. The Morgan fingerprint density at radius 1 is 1.31 bits per heavy atom. The first kappa shape index (κ1) is 25.5. The lowest BCUT2D eigenvalue weighted by Crippen LogP contribution is -2.46. The summed E-state index contributed by atoms with van der Waals surface area (Å²) in [5.74, 6) is 1.87. The second kappa shape index (κ2) is 11.6. The summed E-state index contributed by atoms with van der Waals surface area (Å²) in [5, 5.41) is 0. The molecular weight excluding hydrogens is 415 g/mol. The van der Waals surface area contributed by atoms with Crippen LogP contribution in [0.3, 0.4) is 0 Å². The third-order valence-corrected chi connectivity index (χ3v) is 5.54. The number of nitrogens with two attached hydrogens (primary N) is 1. The number of H-pyrrole nitrogens is 1. The number of ether oxygens (including phenoxy) is 2. The molecule has 1 aliphatic carbocycles. The van der Waals surface area contributed by atoms with Gasteiger partial charge in [-0.15, -0.1) is 24.8 Å². The Bertz CT molecular complexity index is 786. The largest absolute Gasteiger partial charge is 0.497 e. The van der Waals surface area contributed by atoms with Crippen molar-refractivity contribution < 1.29 is 14.3 Å². The van der Waals surface area contributed by atoms with Crippen molar-refractivity contribution in [2.45, 2.75) is 44.8 Å². The fourth-order valence-electron chi connectivity index (χ4n) is 3.86. The zero-order valence-corrected chi connectivity index (χ0v) is 18.9. The molecule has 1 aliphatic rings. The van der Waals surface area contributed by atoms with Crippen LogP contribution in [0.5, 0.6) is 5.75 Å². The molecule has 1 heterocycles. The highest BCUT2D eigenvalue weighted by Gasteiger charge is 2.33. The number of aromatic nitrogens is 2. The molecule has 1 fully saturated rings. The monoisotopic (exact) mass is 446 g/mol. The van der Waals surface area contributed by atoms with Crippen LogP contribution in [0.15, 0.2) is 18.2 Å². The number of nitrogens with zero attached hydrogens (tertiary/aromatic N) is 2. The van der Waals surface area contributed by atoms with Crippen molar-refractivity contribution in [1.29, 1.82) is 0 Å². The number of aromatic amines is 1. The molecule has 1 saturated carbocycles. The molecule has 7 nitrogen and oxygen atoms in total. The number of carbonyl (C=O) groups excluding carboxylic acids is 1. The summed E-state index contributed by atoms with van der Waals surface area (Å²) in [7, 11) is 3.32. The van der Waals surface area contributed by atoms with Crippen LogP contribution in [0.1, 0.15) is 32.0 Å². The lowest BCUT2D eigenvalue weighted by Gasteiger charge is -2.35. The second-order valence-electron chi connectivity index (χ2n) is 7.18. The van der Waals surface area contributed by atoms with E-state index in [1.165, 1.54) is 0 Å². The molecule has 0 radical (unpaired) electrons. The van der Waals surface area contributed by atoms with Crippen molar-refractivity contribution >= 4 is 41.8 Å². The normalized spacial score (nSPS) is 21.2. The average molecular weight is 447 g/mol. The maximum absolute atomic E-state index is 13.0. The smallest absolute Gasteiger partial charge is 0.225 e. The van der Waals surface area contributed by atoms with Crippen LogP contribution in [0.25, 0.3) is 11.0 Å². The van der Waals surface area contributed by atoms with Gasteiger partial charge in [-0.3, -0.25) is 4.79 Å². The third-order valence-electron chi connectivity index (χ3n) is 5.54. The average Bonchev–Trinajstić information content (AvgIpc) is 3.10. The number of hydrogen-bond donors (Lipinski definition) is 2.